The number of benzene rings is 2. The highest BCUT2D eigenvalue weighted by Crippen LogP contribution is 2.18. The van der Waals surface area contributed by atoms with Gasteiger partial charge in [0.05, 0.1) is 7.11 Å². The Morgan fingerprint density at radius 1 is 1.00 bits per heavy atom. The molecule has 25 heavy (non-hydrogen) atoms. The molecule has 0 saturated carbocycles. The Bertz CT molecular complexity index is 867. The van der Waals surface area contributed by atoms with E-state index in [1.807, 2.05) is 24.3 Å². The second kappa shape index (κ2) is 7.39. The van der Waals surface area contributed by atoms with Crippen molar-refractivity contribution in [2.24, 2.45) is 0 Å². The van der Waals surface area contributed by atoms with Crippen molar-refractivity contribution >= 4 is 23.1 Å². The van der Waals surface area contributed by atoms with E-state index in [-0.39, 0.29) is 5.69 Å². The van der Waals surface area contributed by atoms with Gasteiger partial charge >= 0.3 is 0 Å². The first kappa shape index (κ1) is 16.4. The lowest BCUT2D eigenvalue weighted by Crippen LogP contribution is -2.14. The van der Waals surface area contributed by atoms with E-state index >= 15 is 0 Å². The number of hydrogen-bond acceptors (Lipinski definition) is 5. The summed E-state index contributed by atoms with van der Waals surface area (Å²) in [5, 5.41) is 13.5. The lowest BCUT2D eigenvalue weighted by molar-refractivity contribution is 0.102. The molecule has 0 spiro atoms. The number of hydrogen-bond donors (Lipinski definition) is 2. The molecule has 0 aliphatic rings. The zero-order valence-electron chi connectivity index (χ0n) is 13.4. The molecule has 2 aromatic carbocycles. The van der Waals surface area contributed by atoms with E-state index in [0.29, 0.717) is 11.5 Å². The molecule has 1 aromatic heterocycles. The molecule has 0 radical (unpaired) electrons. The summed E-state index contributed by atoms with van der Waals surface area (Å²) in [5.74, 6) is 0.352. The number of carbonyl (C=O) groups is 1. The first-order chi connectivity index (χ1) is 12.1. The SMILES string of the molecule is COc1ccc(Nc2ccc(C(=O)Nc3cccc(F)c3)nn2)cc1. The number of nitrogens with one attached hydrogen (secondary N) is 2. The quantitative estimate of drug-likeness (QED) is 0.743. The molecule has 0 atom stereocenters. The highest BCUT2D eigenvalue weighted by molar-refractivity contribution is 6.02. The molecule has 0 unspecified atom stereocenters. The second-order valence-corrected chi connectivity index (χ2v) is 5.12. The predicted octanol–water partition coefficient (Wildman–Crippen LogP) is 3.62. The zero-order chi connectivity index (χ0) is 17.6. The summed E-state index contributed by atoms with van der Waals surface area (Å²) in [5.41, 5.74) is 1.30. The van der Waals surface area contributed by atoms with Crippen molar-refractivity contribution < 1.29 is 13.9 Å². The van der Waals surface area contributed by atoms with Gasteiger partial charge in [0.2, 0.25) is 0 Å². The Kier molecular flexibility index (Phi) is 4.84. The van der Waals surface area contributed by atoms with E-state index in [9.17, 15) is 9.18 Å². The zero-order valence-corrected chi connectivity index (χ0v) is 13.4. The molecule has 1 amide bonds. The lowest BCUT2D eigenvalue weighted by Gasteiger charge is -2.07. The van der Waals surface area contributed by atoms with Crippen LogP contribution in [0.2, 0.25) is 0 Å². The van der Waals surface area contributed by atoms with Crippen molar-refractivity contribution in [3.63, 3.8) is 0 Å². The molecule has 0 aliphatic carbocycles. The molecule has 6 nitrogen and oxygen atoms in total. The van der Waals surface area contributed by atoms with Gasteiger partial charge in [0.1, 0.15) is 11.6 Å². The van der Waals surface area contributed by atoms with Crippen LogP contribution in [0.3, 0.4) is 0 Å². The fraction of sp³-hybridized carbons (Fsp3) is 0.0556. The lowest BCUT2D eigenvalue weighted by atomic mass is 10.3. The molecule has 0 saturated heterocycles. The molecule has 3 rings (SSSR count). The first-order valence-corrected chi connectivity index (χ1v) is 7.46. The molecule has 0 fully saturated rings. The van der Waals surface area contributed by atoms with Gasteiger partial charge < -0.3 is 15.4 Å². The Labute approximate surface area is 143 Å². The Morgan fingerprint density at radius 2 is 1.80 bits per heavy atom. The molecule has 2 N–H and O–H groups in total. The third kappa shape index (κ3) is 4.29. The van der Waals surface area contributed by atoms with E-state index < -0.39 is 11.7 Å². The van der Waals surface area contributed by atoms with Gasteiger partial charge in [0.15, 0.2) is 11.5 Å². The standard InChI is InChI=1S/C18H15FN4O2/c1-25-15-7-5-13(6-8-15)20-17-10-9-16(22-23-17)18(24)21-14-4-2-3-12(19)11-14/h2-11H,1H3,(H,20,23)(H,21,24). The maximum Gasteiger partial charge on any atom is 0.276 e. The third-order valence-corrected chi connectivity index (χ3v) is 3.34. The van der Waals surface area contributed by atoms with Crippen LogP contribution in [0, 0.1) is 5.82 Å². The van der Waals surface area contributed by atoms with E-state index in [0.717, 1.165) is 11.4 Å². The molecule has 126 valence electrons. The Morgan fingerprint density at radius 3 is 2.44 bits per heavy atom. The fourth-order valence-electron chi connectivity index (χ4n) is 2.10. The molecule has 0 aliphatic heterocycles. The number of aromatic nitrogens is 2. The first-order valence-electron chi connectivity index (χ1n) is 7.46. The average Bonchev–Trinajstić information content (AvgIpc) is 2.63. The van der Waals surface area contributed by atoms with Gasteiger partial charge in [-0.05, 0) is 54.6 Å². The summed E-state index contributed by atoms with van der Waals surface area (Å²) >= 11 is 0. The minimum atomic E-state index is -0.464. The van der Waals surface area contributed by atoms with Gasteiger partial charge in [0, 0.05) is 11.4 Å². The van der Waals surface area contributed by atoms with Crippen LogP contribution in [0.15, 0.2) is 60.7 Å². The third-order valence-electron chi connectivity index (χ3n) is 3.34. The number of halogens is 1. The van der Waals surface area contributed by atoms with Crippen molar-refractivity contribution in [1.29, 1.82) is 0 Å². The van der Waals surface area contributed by atoms with Gasteiger partial charge in [0.25, 0.3) is 5.91 Å². The normalized spacial score (nSPS) is 10.2. The van der Waals surface area contributed by atoms with Gasteiger partial charge in [-0.3, -0.25) is 4.79 Å². The van der Waals surface area contributed by atoms with Crippen molar-refractivity contribution in [3.05, 3.63) is 72.2 Å². The molecular weight excluding hydrogens is 323 g/mol. The van der Waals surface area contributed by atoms with Gasteiger partial charge in [-0.1, -0.05) is 6.07 Å². The van der Waals surface area contributed by atoms with Crippen LogP contribution >= 0.6 is 0 Å². The monoisotopic (exact) mass is 338 g/mol. The number of amides is 1. The summed E-state index contributed by atoms with van der Waals surface area (Å²) in [7, 11) is 1.60. The number of carbonyl (C=O) groups excluding carboxylic acids is 1. The van der Waals surface area contributed by atoms with Crippen LogP contribution in [0.1, 0.15) is 10.5 Å². The number of anilines is 3. The average molecular weight is 338 g/mol. The molecule has 3 aromatic rings. The summed E-state index contributed by atoms with van der Waals surface area (Å²) in [6.07, 6.45) is 0. The maximum atomic E-state index is 13.1. The maximum absolute atomic E-state index is 13.1. The molecule has 7 heteroatoms. The minimum Gasteiger partial charge on any atom is -0.497 e. The topological polar surface area (TPSA) is 76.1 Å². The summed E-state index contributed by atoms with van der Waals surface area (Å²) in [6.45, 7) is 0. The van der Waals surface area contributed by atoms with Gasteiger partial charge in [-0.2, -0.15) is 0 Å². The Balaban J connectivity index is 1.65. The van der Waals surface area contributed by atoms with Crippen LogP contribution in [-0.2, 0) is 0 Å². The van der Waals surface area contributed by atoms with Crippen molar-refractivity contribution in [3.8, 4) is 5.75 Å². The summed E-state index contributed by atoms with van der Waals surface area (Å²) in [6, 6.07) is 16.1. The largest absolute Gasteiger partial charge is 0.497 e. The molecule has 1 heterocycles. The minimum absolute atomic E-state index is 0.129. The number of methoxy groups -OCH3 is 1. The highest BCUT2D eigenvalue weighted by atomic mass is 19.1. The van der Waals surface area contributed by atoms with E-state index in [1.54, 1.807) is 19.2 Å². The van der Waals surface area contributed by atoms with Crippen LogP contribution in [0.5, 0.6) is 5.75 Å². The Hall–Kier alpha value is -3.48. The summed E-state index contributed by atoms with van der Waals surface area (Å²) < 4.78 is 18.2. The smallest absolute Gasteiger partial charge is 0.276 e. The fourth-order valence-corrected chi connectivity index (χ4v) is 2.10. The van der Waals surface area contributed by atoms with Crippen LogP contribution in [-0.4, -0.2) is 23.2 Å². The highest BCUT2D eigenvalue weighted by Gasteiger charge is 2.09. The van der Waals surface area contributed by atoms with Crippen molar-refractivity contribution in [2.75, 3.05) is 17.7 Å². The number of ether oxygens (including phenoxy) is 1. The van der Waals surface area contributed by atoms with Crippen molar-refractivity contribution in [1.82, 2.24) is 10.2 Å². The van der Waals surface area contributed by atoms with E-state index in [1.165, 1.54) is 24.3 Å². The van der Waals surface area contributed by atoms with Crippen LogP contribution in [0.25, 0.3) is 0 Å². The summed E-state index contributed by atoms with van der Waals surface area (Å²) in [4.78, 5) is 12.1. The van der Waals surface area contributed by atoms with Gasteiger partial charge in [-0.25, -0.2) is 4.39 Å². The number of nitrogens with zero attached hydrogens (tertiary/aromatic N) is 2. The van der Waals surface area contributed by atoms with Gasteiger partial charge in [-0.15, -0.1) is 10.2 Å². The molecular formula is C18H15FN4O2. The van der Waals surface area contributed by atoms with Crippen LogP contribution in [0.4, 0.5) is 21.6 Å². The van der Waals surface area contributed by atoms with E-state index in [2.05, 4.69) is 20.8 Å². The van der Waals surface area contributed by atoms with Crippen LogP contribution < -0.4 is 15.4 Å². The second-order valence-electron chi connectivity index (χ2n) is 5.12. The predicted molar refractivity (Wildman–Crippen MR) is 92.7 cm³/mol. The molecule has 0 bridgehead atoms. The number of rotatable bonds is 5. The van der Waals surface area contributed by atoms with E-state index in [4.69, 9.17) is 4.74 Å². The van der Waals surface area contributed by atoms with Crippen molar-refractivity contribution in [2.45, 2.75) is 0 Å².